The summed E-state index contributed by atoms with van der Waals surface area (Å²) in [6.07, 6.45) is 0. The summed E-state index contributed by atoms with van der Waals surface area (Å²) in [5, 5.41) is 0. The number of hydrogen-bond donors (Lipinski definition) is 0. The summed E-state index contributed by atoms with van der Waals surface area (Å²) < 4.78 is 0. The van der Waals surface area contributed by atoms with Gasteiger partial charge in [-0.3, -0.25) is 0 Å². The molecule has 19 aromatic carbocycles. The van der Waals surface area contributed by atoms with E-state index < -0.39 is 0 Å². The quantitative estimate of drug-likeness (QED) is 0.0596. The van der Waals surface area contributed by atoms with Gasteiger partial charge in [0.15, 0.2) is 0 Å². The highest BCUT2D eigenvalue weighted by Gasteiger charge is 2.32. The van der Waals surface area contributed by atoms with Crippen molar-refractivity contribution in [2.24, 2.45) is 0 Å². The molecule has 0 aliphatic carbocycles. The highest BCUT2D eigenvalue weighted by atomic mass is 15.2. The van der Waals surface area contributed by atoms with E-state index in [4.69, 9.17) is 0 Å². The predicted molar refractivity (Wildman–Crippen MR) is 564 cm³/mol. The minimum Gasteiger partial charge on any atom is -0.311 e. The minimum atomic E-state index is 1.02. The number of nitrogens with zero attached hydrogens (tertiary/aromatic N) is 6. The topological polar surface area (TPSA) is 19.4 Å². The number of benzene rings is 19. The first kappa shape index (κ1) is 85.4. The van der Waals surface area contributed by atoms with E-state index in [1.807, 2.05) is 0 Å². The van der Waals surface area contributed by atoms with Gasteiger partial charge in [-0.25, -0.2) is 0 Å². The van der Waals surface area contributed by atoms with Gasteiger partial charge in [0.1, 0.15) is 0 Å². The van der Waals surface area contributed by atoms with E-state index in [-0.39, 0.29) is 0 Å². The molecule has 0 amide bonds. The Morgan fingerprint density at radius 2 is 0.144 bits per heavy atom. The van der Waals surface area contributed by atoms with Gasteiger partial charge in [-0.2, -0.15) is 0 Å². The first-order chi connectivity index (χ1) is 64.3. The van der Waals surface area contributed by atoms with Gasteiger partial charge >= 0.3 is 0 Å². The van der Waals surface area contributed by atoms with Crippen LogP contribution in [0.15, 0.2) is 437 Å². The Morgan fingerprint density at radius 3 is 0.212 bits per heavy atom. The minimum absolute atomic E-state index is 1.02. The lowest BCUT2D eigenvalue weighted by atomic mass is 9.74. The van der Waals surface area contributed by atoms with Crippen molar-refractivity contribution in [3.8, 4) is 66.8 Å². The monoisotopic (exact) mass is 1700 g/mol. The zero-order valence-electron chi connectivity index (χ0n) is 77.3. The molecule has 19 aromatic rings. The predicted octanol–water partition coefficient (Wildman–Crippen LogP) is 36.2. The van der Waals surface area contributed by atoms with Gasteiger partial charge in [0.25, 0.3) is 0 Å². The molecule has 132 heavy (non-hydrogen) atoms. The van der Waals surface area contributed by atoms with Crippen LogP contribution >= 0.6 is 0 Å². The van der Waals surface area contributed by atoms with Crippen LogP contribution in [0.4, 0.5) is 102 Å². The van der Waals surface area contributed by atoms with Crippen LogP contribution in [0, 0.1) is 83.1 Å². The van der Waals surface area contributed by atoms with E-state index >= 15 is 0 Å². The Labute approximate surface area is 779 Å². The molecule has 0 heterocycles. The van der Waals surface area contributed by atoms with Crippen molar-refractivity contribution in [2.45, 2.75) is 83.1 Å². The van der Waals surface area contributed by atoms with Crippen LogP contribution in [0.5, 0.6) is 0 Å². The Bertz CT molecular complexity index is 5770. The Kier molecular flexibility index (Phi) is 24.2. The number of anilines is 18. The van der Waals surface area contributed by atoms with E-state index in [1.54, 1.807) is 0 Å². The molecular formula is C126H108N6. The molecule has 0 aliphatic heterocycles. The lowest BCUT2D eigenvalue weighted by molar-refractivity contribution is 1.26. The van der Waals surface area contributed by atoms with E-state index in [0.717, 1.165) is 169 Å². The van der Waals surface area contributed by atoms with Gasteiger partial charge in [0, 0.05) is 102 Å². The van der Waals surface area contributed by atoms with Crippen LogP contribution in [-0.4, -0.2) is 0 Å². The third-order valence-corrected chi connectivity index (χ3v) is 25.5. The molecule has 0 spiro atoms. The van der Waals surface area contributed by atoms with Gasteiger partial charge in [0.05, 0.1) is 0 Å². The Balaban J connectivity index is 0.969. The van der Waals surface area contributed by atoms with Gasteiger partial charge in [-0.1, -0.05) is 285 Å². The highest BCUT2D eigenvalue weighted by molar-refractivity contribution is 6.16. The van der Waals surface area contributed by atoms with Crippen molar-refractivity contribution in [3.05, 3.63) is 504 Å². The first-order valence-corrected chi connectivity index (χ1v) is 45.8. The maximum Gasteiger partial charge on any atom is 0.0462 e. The maximum atomic E-state index is 2.39. The lowest BCUT2D eigenvalue weighted by Gasteiger charge is -2.31. The molecule has 0 saturated carbocycles. The van der Waals surface area contributed by atoms with Crippen molar-refractivity contribution in [1.82, 2.24) is 0 Å². The van der Waals surface area contributed by atoms with Crippen LogP contribution in [0.1, 0.15) is 66.8 Å². The number of hydrogen-bond acceptors (Lipinski definition) is 6. The van der Waals surface area contributed by atoms with E-state index in [1.165, 1.54) is 66.8 Å². The van der Waals surface area contributed by atoms with Crippen molar-refractivity contribution in [3.63, 3.8) is 0 Å². The second-order valence-corrected chi connectivity index (χ2v) is 35.6. The molecule has 642 valence electrons. The van der Waals surface area contributed by atoms with Gasteiger partial charge < -0.3 is 29.4 Å². The van der Waals surface area contributed by atoms with Gasteiger partial charge in [-0.15, -0.1) is 0 Å². The molecule has 0 aliphatic rings. The smallest absolute Gasteiger partial charge is 0.0462 e. The molecule has 0 atom stereocenters. The van der Waals surface area contributed by atoms with Crippen LogP contribution in [-0.2, 0) is 0 Å². The Hall–Kier alpha value is -16.0. The molecule has 0 fully saturated rings. The molecular weight excluding hydrogens is 1600 g/mol. The summed E-state index contributed by atoms with van der Waals surface area (Å²) in [7, 11) is 0. The fraction of sp³-hybridized carbons (Fsp3) is 0.0952. The second-order valence-electron chi connectivity index (χ2n) is 35.6. The van der Waals surface area contributed by atoms with Gasteiger partial charge in [-0.05, 0) is 368 Å². The Morgan fingerprint density at radius 1 is 0.0833 bits per heavy atom. The van der Waals surface area contributed by atoms with E-state index in [2.05, 4.69) is 549 Å². The molecule has 0 radical (unpaired) electrons. The third kappa shape index (κ3) is 18.0. The summed E-state index contributed by atoms with van der Waals surface area (Å²) in [4.78, 5) is 14.3. The van der Waals surface area contributed by atoms with Crippen LogP contribution < -0.4 is 29.4 Å². The van der Waals surface area contributed by atoms with Crippen molar-refractivity contribution in [2.75, 3.05) is 29.4 Å². The average Bonchev–Trinajstić information content (AvgIpc) is 0.709. The third-order valence-electron chi connectivity index (χ3n) is 25.5. The maximum absolute atomic E-state index is 2.39. The number of aryl methyl sites for hydroxylation is 12. The SMILES string of the molecule is Cc1ccc(N(c2ccc(C)cc2)c2ccc(-c3c(-c4ccc(N(c5ccc(C)cc5)c5ccc(C)cc5)cc4)c(-c4ccc(N(c5ccc(C)cc5)c5ccc(C)cc5)cc4)c(-c4ccc(N(c5ccc(C)cc5)c5ccc(C)cc5)cc4)c(-c4ccc(N(c5ccc(C)cc5)c5ccc(C)cc5)cc4)c3-c3ccc(N(c4ccc(C)cc4)c4ccc(C)cc4)cc3)cc2)cc1. The molecule has 0 unspecified atom stereocenters. The number of rotatable bonds is 24. The van der Waals surface area contributed by atoms with Crippen LogP contribution in [0.2, 0.25) is 0 Å². The normalized spacial score (nSPS) is 11.2. The van der Waals surface area contributed by atoms with Crippen LogP contribution in [0.3, 0.4) is 0 Å². The highest BCUT2D eigenvalue weighted by Crippen LogP contribution is 2.58. The molecule has 19 rings (SSSR count). The van der Waals surface area contributed by atoms with E-state index in [0.29, 0.717) is 0 Å². The van der Waals surface area contributed by atoms with Crippen molar-refractivity contribution >= 4 is 102 Å². The van der Waals surface area contributed by atoms with Gasteiger partial charge in [0.2, 0.25) is 0 Å². The van der Waals surface area contributed by atoms with E-state index in [9.17, 15) is 0 Å². The fourth-order valence-electron chi connectivity index (χ4n) is 18.2. The summed E-state index contributed by atoms with van der Waals surface area (Å²) in [5.41, 5.74) is 45.8. The molecule has 6 heteroatoms. The lowest BCUT2D eigenvalue weighted by Crippen LogP contribution is -2.11. The second kappa shape index (κ2) is 37.4. The summed E-state index contributed by atoms with van der Waals surface area (Å²) in [6, 6.07) is 164. The molecule has 0 saturated heterocycles. The fourth-order valence-corrected chi connectivity index (χ4v) is 18.2. The largest absolute Gasteiger partial charge is 0.311 e. The summed E-state index contributed by atoms with van der Waals surface area (Å²) in [6.45, 7) is 25.9. The molecule has 0 aromatic heterocycles. The van der Waals surface area contributed by atoms with Crippen molar-refractivity contribution < 1.29 is 0 Å². The average molecular weight is 1710 g/mol. The first-order valence-electron chi connectivity index (χ1n) is 45.8. The van der Waals surface area contributed by atoms with Crippen molar-refractivity contribution in [1.29, 1.82) is 0 Å². The summed E-state index contributed by atoms with van der Waals surface area (Å²) >= 11 is 0. The molecule has 6 nitrogen and oxygen atoms in total. The standard InChI is InChI=1S/C126H108N6/c1-85-13-49-103(50-14-85)127(104-51-15-86(2)16-52-104)115-73-37-97(38-74-115)121-122(98-39-75-116(76-40-98)128(105-53-17-87(3)18-54-105)106-55-19-88(4)20-56-106)124(100-43-79-118(80-44-100)130(109-61-25-91(7)26-62-109)110-63-27-92(8)28-64-110)126(102-47-83-120(84-48-102)132(113-69-33-95(11)34-70-113)114-71-35-96(12)36-72-114)125(101-45-81-119(82-46-101)131(111-65-29-93(9)30-66-111)112-67-31-94(10)32-68-112)123(121)99-41-77-117(78-42-99)129(107-57-21-89(5)22-58-107)108-59-23-90(6)24-60-108/h13-84H,1-12H3. The molecule has 0 N–H and O–H groups in total. The molecule has 0 bridgehead atoms. The zero-order valence-corrected chi connectivity index (χ0v) is 77.3. The zero-order chi connectivity index (χ0) is 90.6. The van der Waals surface area contributed by atoms with Crippen LogP contribution in [0.25, 0.3) is 66.8 Å². The summed E-state index contributed by atoms with van der Waals surface area (Å²) in [5.74, 6) is 0.